The predicted molar refractivity (Wildman–Crippen MR) is 119 cm³/mol. The van der Waals surface area contributed by atoms with Gasteiger partial charge in [-0.25, -0.2) is 4.79 Å². The number of rotatable bonds is 5. The molecular weight excluding hydrogens is 364 g/mol. The molecule has 0 aliphatic carbocycles. The van der Waals surface area contributed by atoms with Crippen molar-refractivity contribution in [3.8, 4) is 0 Å². The molecule has 3 rings (SSSR count). The first-order chi connectivity index (χ1) is 13.9. The third-order valence-electron chi connectivity index (χ3n) is 5.07. The molecule has 1 aliphatic rings. The van der Waals surface area contributed by atoms with E-state index in [1.165, 1.54) is 0 Å². The fraction of sp³-hybridized carbons (Fsp3) is 0.391. The Labute approximate surface area is 172 Å². The summed E-state index contributed by atoms with van der Waals surface area (Å²) in [4.78, 5) is 27.4. The minimum absolute atomic E-state index is 0.0368. The van der Waals surface area contributed by atoms with E-state index in [1.54, 1.807) is 6.07 Å². The van der Waals surface area contributed by atoms with Crippen molar-refractivity contribution in [2.45, 2.75) is 39.7 Å². The number of para-hydroxylation sites is 1. The highest BCUT2D eigenvalue weighted by atomic mass is 16.2. The van der Waals surface area contributed by atoms with Gasteiger partial charge < -0.3 is 20.9 Å². The zero-order valence-electron chi connectivity index (χ0n) is 17.4. The van der Waals surface area contributed by atoms with Gasteiger partial charge in [0.25, 0.3) is 5.91 Å². The molecule has 2 aromatic rings. The van der Waals surface area contributed by atoms with Crippen LogP contribution < -0.4 is 20.9 Å². The van der Waals surface area contributed by atoms with Gasteiger partial charge in [0.1, 0.15) is 0 Å². The molecule has 3 amide bonds. The van der Waals surface area contributed by atoms with Gasteiger partial charge in [-0.3, -0.25) is 4.79 Å². The summed E-state index contributed by atoms with van der Waals surface area (Å²) in [5.74, 6) is 0.586. The number of amides is 3. The second kappa shape index (κ2) is 9.45. The Bertz CT molecular complexity index is 843. The Morgan fingerprint density at radius 3 is 2.28 bits per heavy atom. The van der Waals surface area contributed by atoms with Crippen LogP contribution in [0.2, 0.25) is 0 Å². The molecule has 3 N–H and O–H groups in total. The van der Waals surface area contributed by atoms with Gasteiger partial charge >= 0.3 is 6.03 Å². The maximum atomic E-state index is 12.8. The summed E-state index contributed by atoms with van der Waals surface area (Å²) in [6.45, 7) is 8.02. The van der Waals surface area contributed by atoms with Gasteiger partial charge in [0.15, 0.2) is 0 Å². The Morgan fingerprint density at radius 2 is 1.62 bits per heavy atom. The highest BCUT2D eigenvalue weighted by Crippen LogP contribution is 2.29. The number of carbonyl (C=O) groups is 2. The summed E-state index contributed by atoms with van der Waals surface area (Å²) >= 11 is 0. The molecule has 0 unspecified atom stereocenters. The van der Waals surface area contributed by atoms with E-state index in [9.17, 15) is 9.59 Å². The predicted octanol–water partition coefficient (Wildman–Crippen LogP) is 4.71. The standard InChI is InChI=1S/C23H30N4O2/c1-16(2)24-22(28)20-15-19(26-23(29)25-18-7-5-4-6-8-18)9-10-21(20)27-13-11-17(3)12-14-27/h4-10,15-17H,11-14H2,1-3H3,(H,24,28)(H2,25,26,29). The molecular formula is C23H30N4O2. The van der Waals surface area contributed by atoms with E-state index < -0.39 is 0 Å². The number of urea groups is 1. The number of nitrogens with zero attached hydrogens (tertiary/aromatic N) is 1. The molecule has 1 saturated heterocycles. The second-order valence-electron chi connectivity index (χ2n) is 7.97. The maximum Gasteiger partial charge on any atom is 0.323 e. The van der Waals surface area contributed by atoms with Crippen molar-refractivity contribution in [2.24, 2.45) is 5.92 Å². The van der Waals surface area contributed by atoms with Crippen LogP contribution in [-0.4, -0.2) is 31.1 Å². The minimum Gasteiger partial charge on any atom is -0.371 e. The van der Waals surface area contributed by atoms with Gasteiger partial charge in [-0.2, -0.15) is 0 Å². The molecule has 0 spiro atoms. The van der Waals surface area contributed by atoms with Crippen molar-refractivity contribution in [2.75, 3.05) is 28.6 Å². The van der Waals surface area contributed by atoms with Crippen molar-refractivity contribution in [1.29, 1.82) is 0 Å². The monoisotopic (exact) mass is 394 g/mol. The number of anilines is 3. The third kappa shape index (κ3) is 5.73. The zero-order valence-corrected chi connectivity index (χ0v) is 17.4. The third-order valence-corrected chi connectivity index (χ3v) is 5.07. The average molecular weight is 395 g/mol. The summed E-state index contributed by atoms with van der Waals surface area (Å²) in [5, 5.41) is 8.59. The van der Waals surface area contributed by atoms with Crippen LogP contribution in [0.4, 0.5) is 21.9 Å². The van der Waals surface area contributed by atoms with Crippen molar-refractivity contribution in [3.63, 3.8) is 0 Å². The van der Waals surface area contributed by atoms with Crippen molar-refractivity contribution < 1.29 is 9.59 Å². The van der Waals surface area contributed by atoms with Crippen LogP contribution in [0, 0.1) is 5.92 Å². The largest absolute Gasteiger partial charge is 0.371 e. The van der Waals surface area contributed by atoms with E-state index in [-0.39, 0.29) is 18.0 Å². The molecule has 6 heteroatoms. The molecule has 0 saturated carbocycles. The van der Waals surface area contributed by atoms with Crippen LogP contribution in [0.1, 0.15) is 44.0 Å². The highest BCUT2D eigenvalue weighted by molar-refractivity contribution is 6.04. The van der Waals surface area contributed by atoms with Crippen LogP contribution >= 0.6 is 0 Å². The van der Waals surface area contributed by atoms with Crippen molar-refractivity contribution in [1.82, 2.24) is 5.32 Å². The average Bonchev–Trinajstić information content (AvgIpc) is 2.69. The lowest BCUT2D eigenvalue weighted by Crippen LogP contribution is -2.36. The number of benzene rings is 2. The maximum absolute atomic E-state index is 12.8. The van der Waals surface area contributed by atoms with Gasteiger partial charge in [0.05, 0.1) is 5.56 Å². The number of hydrogen-bond donors (Lipinski definition) is 3. The summed E-state index contributed by atoms with van der Waals surface area (Å²) in [6.07, 6.45) is 2.23. The lowest BCUT2D eigenvalue weighted by molar-refractivity contribution is 0.0943. The van der Waals surface area contributed by atoms with Crippen molar-refractivity contribution in [3.05, 3.63) is 54.1 Å². The molecule has 1 aliphatic heterocycles. The van der Waals surface area contributed by atoms with E-state index in [2.05, 4.69) is 27.8 Å². The SMILES string of the molecule is CC1CCN(c2ccc(NC(=O)Nc3ccccc3)cc2C(=O)NC(C)C)CC1. The molecule has 0 aromatic heterocycles. The second-order valence-corrected chi connectivity index (χ2v) is 7.97. The van der Waals surface area contributed by atoms with Crippen LogP contribution in [0.15, 0.2) is 48.5 Å². The first-order valence-electron chi connectivity index (χ1n) is 10.3. The molecule has 29 heavy (non-hydrogen) atoms. The lowest BCUT2D eigenvalue weighted by Gasteiger charge is -2.33. The van der Waals surface area contributed by atoms with Gasteiger partial charge in [-0.05, 0) is 62.9 Å². The molecule has 154 valence electrons. The normalized spacial score (nSPS) is 14.6. The lowest BCUT2D eigenvalue weighted by atomic mass is 9.97. The van der Waals surface area contributed by atoms with Gasteiger partial charge in [-0.15, -0.1) is 0 Å². The molecule has 0 radical (unpaired) electrons. The molecule has 1 heterocycles. The first-order valence-corrected chi connectivity index (χ1v) is 10.3. The first kappa shape index (κ1) is 20.7. The molecule has 6 nitrogen and oxygen atoms in total. The number of piperidine rings is 1. The summed E-state index contributed by atoms with van der Waals surface area (Å²) in [5.41, 5.74) is 2.80. The van der Waals surface area contributed by atoms with Gasteiger partial charge in [0, 0.05) is 36.2 Å². The number of nitrogens with one attached hydrogen (secondary N) is 3. The molecule has 0 bridgehead atoms. The van der Waals surface area contributed by atoms with E-state index >= 15 is 0 Å². The molecule has 2 aromatic carbocycles. The number of hydrogen-bond acceptors (Lipinski definition) is 3. The quantitative estimate of drug-likeness (QED) is 0.688. The van der Waals surface area contributed by atoms with Crippen molar-refractivity contribution >= 4 is 29.0 Å². The van der Waals surface area contributed by atoms with Crippen LogP contribution in [0.3, 0.4) is 0 Å². The van der Waals surface area contributed by atoms with Crippen LogP contribution in [-0.2, 0) is 0 Å². The fourth-order valence-electron chi connectivity index (χ4n) is 3.48. The Balaban J connectivity index is 1.79. The molecule has 0 atom stereocenters. The van der Waals surface area contributed by atoms with Crippen LogP contribution in [0.5, 0.6) is 0 Å². The van der Waals surface area contributed by atoms with E-state index in [0.717, 1.165) is 31.6 Å². The Hall–Kier alpha value is -3.02. The summed E-state index contributed by atoms with van der Waals surface area (Å²) < 4.78 is 0. The van der Waals surface area contributed by atoms with E-state index in [1.807, 2.05) is 56.3 Å². The summed E-state index contributed by atoms with van der Waals surface area (Å²) in [7, 11) is 0. The van der Waals surface area contributed by atoms with Gasteiger partial charge in [-0.1, -0.05) is 25.1 Å². The van der Waals surface area contributed by atoms with E-state index in [0.29, 0.717) is 22.9 Å². The smallest absolute Gasteiger partial charge is 0.323 e. The minimum atomic E-state index is -0.342. The zero-order chi connectivity index (χ0) is 20.8. The van der Waals surface area contributed by atoms with E-state index in [4.69, 9.17) is 0 Å². The fourth-order valence-corrected chi connectivity index (χ4v) is 3.48. The Kier molecular flexibility index (Phi) is 6.75. The Morgan fingerprint density at radius 1 is 0.966 bits per heavy atom. The number of carbonyl (C=O) groups excluding carboxylic acids is 2. The van der Waals surface area contributed by atoms with Gasteiger partial charge in [0.2, 0.25) is 0 Å². The highest BCUT2D eigenvalue weighted by Gasteiger charge is 2.22. The summed E-state index contributed by atoms with van der Waals surface area (Å²) in [6, 6.07) is 14.5. The topological polar surface area (TPSA) is 73.5 Å². The van der Waals surface area contributed by atoms with Crippen LogP contribution in [0.25, 0.3) is 0 Å². The molecule has 1 fully saturated rings.